The summed E-state index contributed by atoms with van der Waals surface area (Å²) in [5, 5.41) is 6.90. The van der Waals surface area contributed by atoms with Gasteiger partial charge in [-0.05, 0) is 35.9 Å². The molecule has 5 nitrogen and oxygen atoms in total. The van der Waals surface area contributed by atoms with E-state index in [2.05, 4.69) is 15.6 Å². The fourth-order valence-electron chi connectivity index (χ4n) is 2.47. The lowest BCUT2D eigenvalue weighted by Gasteiger charge is -2.19. The number of aromatic nitrogens is 2. The molecule has 1 heterocycles. The van der Waals surface area contributed by atoms with Crippen LogP contribution in [0.1, 0.15) is 17.4 Å². The molecule has 3 aromatic rings. The molecule has 0 aliphatic heterocycles. The number of aryl methyl sites for hydroxylation is 1. The largest absolute Gasteiger partial charge is 0.336 e. The van der Waals surface area contributed by atoms with Crippen LogP contribution in [-0.4, -0.2) is 15.6 Å². The highest BCUT2D eigenvalue weighted by atomic mass is 35.5. The first-order chi connectivity index (χ1) is 12.0. The highest BCUT2D eigenvalue weighted by Gasteiger charge is 2.20. The molecule has 0 aliphatic rings. The van der Waals surface area contributed by atoms with Crippen LogP contribution in [-0.2, 0) is 7.05 Å². The number of amides is 2. The topological polar surface area (TPSA) is 59.0 Å². The van der Waals surface area contributed by atoms with Gasteiger partial charge in [0, 0.05) is 35.2 Å². The zero-order valence-electron chi connectivity index (χ0n) is 13.4. The van der Waals surface area contributed by atoms with Crippen molar-refractivity contribution in [3.63, 3.8) is 0 Å². The predicted molar refractivity (Wildman–Crippen MR) is 100 cm³/mol. The number of carbonyl (C=O) groups is 1. The average Bonchev–Trinajstić information content (AvgIpc) is 2.99. The molecule has 2 aromatic carbocycles. The molecule has 0 aliphatic carbocycles. The smallest absolute Gasteiger partial charge is 0.320 e. The highest BCUT2D eigenvalue weighted by molar-refractivity contribution is 6.31. The zero-order valence-corrected chi connectivity index (χ0v) is 14.9. The van der Waals surface area contributed by atoms with Gasteiger partial charge in [-0.15, -0.1) is 0 Å². The SMILES string of the molecule is Cn1ccnc1[C@H](NC(=O)Nc1cccc(Cl)c1)c1ccc(Cl)cc1. The van der Waals surface area contributed by atoms with Gasteiger partial charge in [0.25, 0.3) is 0 Å². The first-order valence-corrected chi connectivity index (χ1v) is 8.34. The van der Waals surface area contributed by atoms with Gasteiger partial charge in [0.1, 0.15) is 11.9 Å². The first-order valence-electron chi connectivity index (χ1n) is 7.59. The molecule has 0 fully saturated rings. The van der Waals surface area contributed by atoms with Crippen LogP contribution in [0.4, 0.5) is 10.5 Å². The minimum absolute atomic E-state index is 0.356. The normalized spacial score (nSPS) is 11.8. The van der Waals surface area contributed by atoms with E-state index in [0.29, 0.717) is 21.6 Å². The number of nitrogens with one attached hydrogen (secondary N) is 2. The van der Waals surface area contributed by atoms with Crippen molar-refractivity contribution in [1.29, 1.82) is 0 Å². The minimum Gasteiger partial charge on any atom is -0.336 e. The van der Waals surface area contributed by atoms with Gasteiger partial charge in [-0.2, -0.15) is 0 Å². The minimum atomic E-state index is -0.420. The fourth-order valence-corrected chi connectivity index (χ4v) is 2.79. The van der Waals surface area contributed by atoms with E-state index in [4.69, 9.17) is 23.2 Å². The van der Waals surface area contributed by atoms with Crippen molar-refractivity contribution in [2.24, 2.45) is 7.05 Å². The van der Waals surface area contributed by atoms with E-state index in [1.54, 1.807) is 42.6 Å². The Morgan fingerprint density at radius 2 is 1.88 bits per heavy atom. The van der Waals surface area contributed by atoms with Gasteiger partial charge in [-0.1, -0.05) is 41.4 Å². The van der Waals surface area contributed by atoms with Crippen molar-refractivity contribution in [2.75, 3.05) is 5.32 Å². The van der Waals surface area contributed by atoms with Crippen LogP contribution in [0.3, 0.4) is 0 Å². The van der Waals surface area contributed by atoms with Crippen molar-refractivity contribution in [3.8, 4) is 0 Å². The summed E-state index contributed by atoms with van der Waals surface area (Å²) in [6.07, 6.45) is 3.52. The summed E-state index contributed by atoms with van der Waals surface area (Å²) < 4.78 is 1.86. The quantitative estimate of drug-likeness (QED) is 0.698. The third kappa shape index (κ3) is 4.32. The average molecular weight is 375 g/mol. The Labute approximate surface area is 155 Å². The number of urea groups is 1. The number of carbonyl (C=O) groups excluding carboxylic acids is 1. The summed E-state index contributed by atoms with van der Waals surface area (Å²) in [6.45, 7) is 0. The van der Waals surface area contributed by atoms with Crippen LogP contribution >= 0.6 is 23.2 Å². The molecule has 25 heavy (non-hydrogen) atoms. The van der Waals surface area contributed by atoms with E-state index in [1.807, 2.05) is 29.9 Å². The number of imidazole rings is 1. The zero-order chi connectivity index (χ0) is 17.8. The summed E-state index contributed by atoms with van der Waals surface area (Å²) in [5.74, 6) is 0.712. The van der Waals surface area contributed by atoms with Crippen molar-refractivity contribution < 1.29 is 4.79 Å². The molecular formula is C18H16Cl2N4O. The first kappa shape index (κ1) is 17.3. The van der Waals surface area contributed by atoms with E-state index < -0.39 is 6.04 Å². The maximum Gasteiger partial charge on any atom is 0.320 e. The monoisotopic (exact) mass is 374 g/mol. The number of hydrogen-bond donors (Lipinski definition) is 2. The standard InChI is InChI=1S/C18H16Cl2N4O/c1-24-10-9-21-17(24)16(12-5-7-13(19)8-6-12)23-18(25)22-15-4-2-3-14(20)11-15/h2-11,16H,1H3,(H2,22,23,25)/t16-/m1/s1. The third-order valence-corrected chi connectivity index (χ3v) is 4.16. The second-order valence-electron chi connectivity index (χ2n) is 5.49. The van der Waals surface area contributed by atoms with Gasteiger partial charge in [-0.25, -0.2) is 9.78 Å². The van der Waals surface area contributed by atoms with E-state index in [0.717, 1.165) is 5.56 Å². The van der Waals surface area contributed by atoms with Crippen molar-refractivity contribution in [1.82, 2.24) is 14.9 Å². The number of rotatable bonds is 4. The second kappa shape index (κ2) is 7.59. The fraction of sp³-hybridized carbons (Fsp3) is 0.111. The summed E-state index contributed by atoms with van der Waals surface area (Å²) >= 11 is 11.9. The number of hydrogen-bond acceptors (Lipinski definition) is 2. The number of benzene rings is 2. The van der Waals surface area contributed by atoms with Gasteiger partial charge in [0.15, 0.2) is 0 Å². The third-order valence-electron chi connectivity index (χ3n) is 3.68. The lowest BCUT2D eigenvalue weighted by atomic mass is 10.1. The van der Waals surface area contributed by atoms with Crippen LogP contribution < -0.4 is 10.6 Å². The summed E-state index contributed by atoms with van der Waals surface area (Å²) in [5.41, 5.74) is 1.49. The molecule has 2 amide bonds. The molecule has 1 atom stereocenters. The van der Waals surface area contributed by atoms with Crippen LogP contribution in [0.2, 0.25) is 10.0 Å². The van der Waals surface area contributed by atoms with Crippen molar-refractivity contribution in [2.45, 2.75) is 6.04 Å². The van der Waals surface area contributed by atoms with E-state index >= 15 is 0 Å². The van der Waals surface area contributed by atoms with Gasteiger partial charge in [0.05, 0.1) is 0 Å². The Balaban J connectivity index is 1.83. The summed E-state index contributed by atoms with van der Waals surface area (Å²) in [6, 6.07) is 13.5. The molecule has 3 rings (SSSR count). The maximum atomic E-state index is 12.5. The van der Waals surface area contributed by atoms with Gasteiger partial charge in [0.2, 0.25) is 0 Å². The predicted octanol–water partition coefficient (Wildman–Crippen LogP) is 4.64. The molecule has 0 radical (unpaired) electrons. The second-order valence-corrected chi connectivity index (χ2v) is 6.36. The van der Waals surface area contributed by atoms with Crippen LogP contribution in [0.25, 0.3) is 0 Å². The molecule has 0 saturated heterocycles. The molecule has 7 heteroatoms. The van der Waals surface area contributed by atoms with Crippen LogP contribution in [0, 0.1) is 0 Å². The molecular weight excluding hydrogens is 359 g/mol. The van der Waals surface area contributed by atoms with Gasteiger partial charge < -0.3 is 15.2 Å². The molecule has 0 saturated carbocycles. The molecule has 0 unspecified atom stereocenters. The van der Waals surface area contributed by atoms with Crippen LogP contribution in [0.15, 0.2) is 60.9 Å². The lowest BCUT2D eigenvalue weighted by Crippen LogP contribution is -2.34. The Morgan fingerprint density at radius 1 is 1.12 bits per heavy atom. The number of anilines is 1. The Kier molecular flexibility index (Phi) is 5.26. The summed E-state index contributed by atoms with van der Waals surface area (Å²) in [4.78, 5) is 16.8. The Bertz CT molecular complexity index is 877. The Morgan fingerprint density at radius 3 is 2.52 bits per heavy atom. The summed E-state index contributed by atoms with van der Waals surface area (Å²) in [7, 11) is 1.88. The number of nitrogens with zero attached hydrogens (tertiary/aromatic N) is 2. The molecule has 0 bridgehead atoms. The Hall–Kier alpha value is -2.50. The van der Waals surface area contributed by atoms with Crippen molar-refractivity contribution >= 4 is 34.9 Å². The van der Waals surface area contributed by atoms with E-state index in [1.165, 1.54) is 0 Å². The molecule has 1 aromatic heterocycles. The molecule has 2 N–H and O–H groups in total. The van der Waals surface area contributed by atoms with E-state index in [-0.39, 0.29) is 6.03 Å². The van der Waals surface area contributed by atoms with Gasteiger partial charge in [-0.3, -0.25) is 0 Å². The maximum absolute atomic E-state index is 12.5. The van der Waals surface area contributed by atoms with E-state index in [9.17, 15) is 4.79 Å². The molecule has 128 valence electrons. The number of halogens is 2. The van der Waals surface area contributed by atoms with Crippen LogP contribution in [0.5, 0.6) is 0 Å². The van der Waals surface area contributed by atoms with Crippen molar-refractivity contribution in [3.05, 3.63) is 82.4 Å². The highest BCUT2D eigenvalue weighted by Crippen LogP contribution is 2.23. The lowest BCUT2D eigenvalue weighted by molar-refractivity contribution is 0.249. The molecule has 0 spiro atoms. The van der Waals surface area contributed by atoms with Gasteiger partial charge >= 0.3 is 6.03 Å².